The van der Waals surface area contributed by atoms with Crippen molar-refractivity contribution >= 4 is 17.9 Å². The molecule has 0 N–H and O–H groups in total. The van der Waals surface area contributed by atoms with Gasteiger partial charge in [-0.3, -0.25) is 14.4 Å². The summed E-state index contributed by atoms with van der Waals surface area (Å²) < 4.78 is 16.8. The fourth-order valence-electron chi connectivity index (χ4n) is 8.14. The van der Waals surface area contributed by atoms with E-state index in [4.69, 9.17) is 14.2 Å². The molecule has 0 heterocycles. The minimum atomic E-state index is -0.790. The zero-order chi connectivity index (χ0) is 47.2. The van der Waals surface area contributed by atoms with Gasteiger partial charge in [0.2, 0.25) is 0 Å². The highest BCUT2D eigenvalue weighted by Gasteiger charge is 2.19. The topological polar surface area (TPSA) is 78.9 Å². The van der Waals surface area contributed by atoms with Crippen molar-refractivity contribution in [2.24, 2.45) is 0 Å². The van der Waals surface area contributed by atoms with E-state index in [0.717, 1.165) is 77.0 Å². The Morgan fingerprint density at radius 2 is 0.600 bits per heavy atom. The number of unbranched alkanes of at least 4 members (excludes halogenated alkanes) is 32. The van der Waals surface area contributed by atoms with E-state index < -0.39 is 6.10 Å². The van der Waals surface area contributed by atoms with E-state index >= 15 is 0 Å². The molecule has 0 aromatic rings. The maximum absolute atomic E-state index is 12.8. The first-order valence-corrected chi connectivity index (χ1v) is 28.1. The van der Waals surface area contributed by atoms with Gasteiger partial charge in [-0.05, 0) is 57.8 Å². The molecule has 0 radical (unpaired) electrons. The van der Waals surface area contributed by atoms with Crippen LogP contribution in [0.2, 0.25) is 0 Å². The highest BCUT2D eigenvalue weighted by molar-refractivity contribution is 5.71. The number of allylic oxidation sites excluding steroid dienone is 8. The van der Waals surface area contributed by atoms with Crippen molar-refractivity contribution in [2.45, 2.75) is 297 Å². The molecule has 1 unspecified atom stereocenters. The Hall–Kier alpha value is -2.63. The molecule has 0 aromatic carbocycles. The lowest BCUT2D eigenvalue weighted by atomic mass is 10.0. The SMILES string of the molecule is CC/C=C\C/C=C\C/C=C\C/C=C\CCCCC(=O)OC(COC(=O)CCCCCCCCCCCC)COC(=O)CCCCCCCCCCCCCCCCCCCCCCCC. The fraction of sp³-hybridized carbons (Fsp3) is 0.814. The number of esters is 3. The Morgan fingerprint density at radius 3 is 0.938 bits per heavy atom. The number of rotatable bonds is 51. The van der Waals surface area contributed by atoms with E-state index in [1.54, 1.807) is 0 Å². The van der Waals surface area contributed by atoms with Crippen LogP contribution in [0.5, 0.6) is 0 Å². The molecule has 6 heteroatoms. The summed E-state index contributed by atoms with van der Waals surface area (Å²) in [6.45, 7) is 6.51. The summed E-state index contributed by atoms with van der Waals surface area (Å²) in [6, 6.07) is 0. The summed E-state index contributed by atoms with van der Waals surface area (Å²) in [4.78, 5) is 38.0. The van der Waals surface area contributed by atoms with Gasteiger partial charge in [-0.1, -0.05) is 262 Å². The molecule has 0 amide bonds. The highest BCUT2D eigenvalue weighted by Crippen LogP contribution is 2.17. The van der Waals surface area contributed by atoms with Crippen LogP contribution < -0.4 is 0 Å². The van der Waals surface area contributed by atoms with Gasteiger partial charge >= 0.3 is 17.9 Å². The van der Waals surface area contributed by atoms with Crippen molar-refractivity contribution < 1.29 is 28.6 Å². The van der Waals surface area contributed by atoms with Crippen molar-refractivity contribution in [3.63, 3.8) is 0 Å². The monoisotopic (exact) mass is 911 g/mol. The summed E-state index contributed by atoms with van der Waals surface area (Å²) in [7, 11) is 0. The van der Waals surface area contributed by atoms with Crippen LogP contribution in [0.3, 0.4) is 0 Å². The van der Waals surface area contributed by atoms with Crippen molar-refractivity contribution in [3.8, 4) is 0 Å². The maximum Gasteiger partial charge on any atom is 0.306 e. The standard InChI is InChI=1S/C59H106O6/c1-4-7-10-13-16-19-22-24-26-27-28-29-30-31-32-34-35-37-40-43-46-49-52-58(61)64-55-56(54-63-57(60)51-48-45-42-39-21-18-15-12-9-6-3)65-59(62)53-50-47-44-41-38-36-33-25-23-20-17-14-11-8-5-2/h8,11,17,20,25,33,38,41,56H,4-7,9-10,12-16,18-19,21-24,26-32,34-37,39-40,42-55H2,1-3H3/b11-8-,20-17-,33-25-,41-38-. The van der Waals surface area contributed by atoms with Crippen LogP contribution in [-0.4, -0.2) is 37.2 Å². The van der Waals surface area contributed by atoms with Crippen LogP contribution in [-0.2, 0) is 28.6 Å². The summed E-state index contributed by atoms with van der Waals surface area (Å²) in [5.41, 5.74) is 0. The number of hydrogen-bond acceptors (Lipinski definition) is 6. The Labute approximate surface area is 403 Å². The Kier molecular flexibility index (Phi) is 51.8. The van der Waals surface area contributed by atoms with Gasteiger partial charge in [0.1, 0.15) is 13.2 Å². The first-order valence-electron chi connectivity index (χ1n) is 28.1. The number of carbonyl (C=O) groups excluding carboxylic acids is 3. The molecule has 378 valence electrons. The fourth-order valence-corrected chi connectivity index (χ4v) is 8.14. The van der Waals surface area contributed by atoms with Crippen molar-refractivity contribution in [3.05, 3.63) is 48.6 Å². The van der Waals surface area contributed by atoms with Gasteiger partial charge in [-0.25, -0.2) is 0 Å². The predicted molar refractivity (Wildman–Crippen MR) is 279 cm³/mol. The average Bonchev–Trinajstić information content (AvgIpc) is 3.30. The molecule has 6 nitrogen and oxygen atoms in total. The van der Waals surface area contributed by atoms with Gasteiger partial charge in [0.15, 0.2) is 6.10 Å². The normalized spacial score (nSPS) is 12.4. The van der Waals surface area contributed by atoms with Gasteiger partial charge < -0.3 is 14.2 Å². The first-order chi connectivity index (χ1) is 32.0. The Bertz CT molecular complexity index is 1140. The smallest absolute Gasteiger partial charge is 0.306 e. The second-order valence-corrected chi connectivity index (χ2v) is 18.8. The van der Waals surface area contributed by atoms with Crippen LogP contribution in [0.4, 0.5) is 0 Å². The molecule has 0 aliphatic rings. The van der Waals surface area contributed by atoms with E-state index in [9.17, 15) is 14.4 Å². The van der Waals surface area contributed by atoms with E-state index in [0.29, 0.717) is 19.3 Å². The van der Waals surface area contributed by atoms with Crippen LogP contribution in [0.15, 0.2) is 48.6 Å². The van der Waals surface area contributed by atoms with Gasteiger partial charge in [0.25, 0.3) is 0 Å². The van der Waals surface area contributed by atoms with Crippen LogP contribution in [0, 0.1) is 0 Å². The van der Waals surface area contributed by atoms with E-state index in [2.05, 4.69) is 69.4 Å². The Morgan fingerprint density at radius 1 is 0.323 bits per heavy atom. The third-order valence-corrected chi connectivity index (χ3v) is 12.3. The number of carbonyl (C=O) groups is 3. The predicted octanol–water partition coefficient (Wildman–Crippen LogP) is 18.7. The minimum Gasteiger partial charge on any atom is -0.462 e. The number of hydrogen-bond donors (Lipinski definition) is 0. The molecular formula is C59H106O6. The number of ether oxygens (including phenoxy) is 3. The molecular weight excluding hydrogens is 805 g/mol. The lowest BCUT2D eigenvalue weighted by molar-refractivity contribution is -0.167. The molecule has 0 fully saturated rings. The zero-order valence-corrected chi connectivity index (χ0v) is 43.3. The maximum atomic E-state index is 12.8. The third kappa shape index (κ3) is 52.2. The Balaban J connectivity index is 4.27. The molecule has 1 atom stereocenters. The van der Waals surface area contributed by atoms with E-state index in [1.165, 1.54) is 167 Å². The summed E-state index contributed by atoms with van der Waals surface area (Å²) >= 11 is 0. The lowest BCUT2D eigenvalue weighted by Gasteiger charge is -2.18. The molecule has 0 aliphatic heterocycles. The first kappa shape index (κ1) is 62.4. The lowest BCUT2D eigenvalue weighted by Crippen LogP contribution is -2.30. The highest BCUT2D eigenvalue weighted by atomic mass is 16.6. The van der Waals surface area contributed by atoms with Crippen molar-refractivity contribution in [2.75, 3.05) is 13.2 Å². The molecule has 0 aromatic heterocycles. The van der Waals surface area contributed by atoms with E-state index in [1.807, 2.05) is 0 Å². The molecule has 0 saturated heterocycles. The van der Waals surface area contributed by atoms with Crippen molar-refractivity contribution in [1.82, 2.24) is 0 Å². The zero-order valence-electron chi connectivity index (χ0n) is 43.3. The van der Waals surface area contributed by atoms with Gasteiger partial charge in [-0.15, -0.1) is 0 Å². The molecule has 0 bridgehead atoms. The average molecular weight is 911 g/mol. The molecule has 0 rings (SSSR count). The second kappa shape index (κ2) is 54.0. The van der Waals surface area contributed by atoms with Crippen LogP contribution in [0.25, 0.3) is 0 Å². The molecule has 0 spiro atoms. The van der Waals surface area contributed by atoms with Gasteiger partial charge in [0, 0.05) is 19.3 Å². The summed E-state index contributed by atoms with van der Waals surface area (Å²) in [5, 5.41) is 0. The van der Waals surface area contributed by atoms with Crippen LogP contribution >= 0.6 is 0 Å². The summed E-state index contributed by atoms with van der Waals surface area (Å²) in [6.07, 6.45) is 65.5. The summed E-state index contributed by atoms with van der Waals surface area (Å²) in [5.74, 6) is -0.917. The molecule has 0 saturated carbocycles. The van der Waals surface area contributed by atoms with E-state index in [-0.39, 0.29) is 37.5 Å². The van der Waals surface area contributed by atoms with Gasteiger partial charge in [0.05, 0.1) is 0 Å². The van der Waals surface area contributed by atoms with Crippen LogP contribution in [0.1, 0.15) is 290 Å². The minimum absolute atomic E-state index is 0.0859. The molecule has 65 heavy (non-hydrogen) atoms. The van der Waals surface area contributed by atoms with Gasteiger partial charge in [-0.2, -0.15) is 0 Å². The second-order valence-electron chi connectivity index (χ2n) is 18.8. The molecule has 0 aliphatic carbocycles. The van der Waals surface area contributed by atoms with Crippen molar-refractivity contribution in [1.29, 1.82) is 0 Å². The third-order valence-electron chi connectivity index (χ3n) is 12.3. The quantitative estimate of drug-likeness (QED) is 0.0262. The largest absolute Gasteiger partial charge is 0.462 e.